The first-order valence-corrected chi connectivity index (χ1v) is 6.49. The normalized spacial score (nSPS) is 13.9. The molecule has 5 nitrogen and oxygen atoms in total. The molecule has 0 fully saturated rings. The maximum absolute atomic E-state index is 11.8. The number of rotatable bonds is 6. The fourth-order valence-corrected chi connectivity index (χ4v) is 2.14. The lowest BCUT2D eigenvalue weighted by Crippen LogP contribution is -2.26. The second kappa shape index (κ2) is 7.23. The molecule has 1 heterocycles. The average molecular weight is 264 g/mol. The lowest BCUT2D eigenvalue weighted by atomic mass is 9.99. The number of benzene rings is 1. The van der Waals surface area contributed by atoms with Gasteiger partial charge in [-0.1, -0.05) is 12.1 Å². The summed E-state index contributed by atoms with van der Waals surface area (Å²) in [6.45, 7) is 2.80. The third kappa shape index (κ3) is 4.02. The van der Waals surface area contributed by atoms with Gasteiger partial charge in [-0.05, 0) is 30.2 Å². The Morgan fingerprint density at radius 3 is 3.16 bits per heavy atom. The van der Waals surface area contributed by atoms with Crippen molar-refractivity contribution in [1.82, 2.24) is 5.32 Å². The Morgan fingerprint density at radius 1 is 1.42 bits per heavy atom. The van der Waals surface area contributed by atoms with Gasteiger partial charge in [-0.3, -0.25) is 4.79 Å². The van der Waals surface area contributed by atoms with Gasteiger partial charge >= 0.3 is 0 Å². The smallest absolute Gasteiger partial charge is 0.250 e. The number of carbonyl (C=O) groups excluding carboxylic acids is 1. The predicted octanol–water partition coefficient (Wildman–Crippen LogP) is 0.934. The minimum Gasteiger partial charge on any atom is -0.382 e. The molecule has 0 unspecified atom stereocenters. The van der Waals surface area contributed by atoms with Crippen molar-refractivity contribution in [3.8, 4) is 0 Å². The lowest BCUT2D eigenvalue weighted by molar-refractivity contribution is -0.121. The second-order valence-electron chi connectivity index (χ2n) is 4.46. The van der Waals surface area contributed by atoms with Crippen molar-refractivity contribution in [2.45, 2.75) is 13.0 Å². The van der Waals surface area contributed by atoms with Crippen LogP contribution >= 0.6 is 0 Å². The van der Waals surface area contributed by atoms with Crippen molar-refractivity contribution in [3.05, 3.63) is 29.3 Å². The SMILES string of the molecule is COCCOCC(=O)Nc1cccc2c1CCNC2. The van der Waals surface area contributed by atoms with Crippen LogP contribution in [0.1, 0.15) is 11.1 Å². The first-order valence-electron chi connectivity index (χ1n) is 6.49. The highest BCUT2D eigenvalue weighted by molar-refractivity contribution is 5.92. The summed E-state index contributed by atoms with van der Waals surface area (Å²) in [5, 5.41) is 6.23. The van der Waals surface area contributed by atoms with Crippen LogP contribution in [0, 0.1) is 0 Å². The van der Waals surface area contributed by atoms with Gasteiger partial charge in [0.1, 0.15) is 6.61 Å². The largest absolute Gasteiger partial charge is 0.382 e. The molecule has 104 valence electrons. The highest BCUT2D eigenvalue weighted by atomic mass is 16.5. The molecule has 0 saturated carbocycles. The van der Waals surface area contributed by atoms with Gasteiger partial charge in [0.2, 0.25) is 5.91 Å². The zero-order valence-electron chi connectivity index (χ0n) is 11.2. The quantitative estimate of drug-likeness (QED) is 0.751. The zero-order valence-corrected chi connectivity index (χ0v) is 11.2. The molecule has 1 amide bonds. The van der Waals surface area contributed by atoms with Crippen LogP contribution in [-0.4, -0.2) is 39.4 Å². The number of nitrogens with one attached hydrogen (secondary N) is 2. The fourth-order valence-electron chi connectivity index (χ4n) is 2.14. The molecule has 5 heteroatoms. The van der Waals surface area contributed by atoms with Gasteiger partial charge in [0.15, 0.2) is 0 Å². The summed E-state index contributed by atoms with van der Waals surface area (Å²) >= 11 is 0. The number of fused-ring (bicyclic) bond motifs is 1. The summed E-state index contributed by atoms with van der Waals surface area (Å²) in [7, 11) is 1.60. The van der Waals surface area contributed by atoms with E-state index in [0.29, 0.717) is 13.2 Å². The van der Waals surface area contributed by atoms with Gasteiger partial charge < -0.3 is 20.1 Å². The van der Waals surface area contributed by atoms with Crippen molar-refractivity contribution >= 4 is 11.6 Å². The third-order valence-corrected chi connectivity index (χ3v) is 3.08. The zero-order chi connectivity index (χ0) is 13.5. The molecule has 0 spiro atoms. The van der Waals surface area contributed by atoms with Gasteiger partial charge in [0.05, 0.1) is 13.2 Å². The number of anilines is 1. The summed E-state index contributed by atoms with van der Waals surface area (Å²) in [6.07, 6.45) is 0.941. The van der Waals surface area contributed by atoms with Crippen LogP contribution in [-0.2, 0) is 27.2 Å². The maximum atomic E-state index is 11.8. The summed E-state index contributed by atoms with van der Waals surface area (Å²) < 4.78 is 10.1. The topological polar surface area (TPSA) is 59.6 Å². The molecule has 1 aliphatic rings. The first-order chi connectivity index (χ1) is 9.31. The molecule has 1 aromatic rings. The molecular weight excluding hydrogens is 244 g/mol. The van der Waals surface area contributed by atoms with E-state index in [2.05, 4.69) is 16.7 Å². The molecule has 0 saturated heterocycles. The molecule has 2 N–H and O–H groups in total. The van der Waals surface area contributed by atoms with Gasteiger partial charge in [-0.25, -0.2) is 0 Å². The van der Waals surface area contributed by atoms with Gasteiger partial charge in [0, 0.05) is 19.3 Å². The van der Waals surface area contributed by atoms with E-state index in [0.717, 1.165) is 25.2 Å². The fraction of sp³-hybridized carbons (Fsp3) is 0.500. The van der Waals surface area contributed by atoms with Crippen LogP contribution in [0.2, 0.25) is 0 Å². The lowest BCUT2D eigenvalue weighted by Gasteiger charge is -2.20. The van der Waals surface area contributed by atoms with E-state index in [-0.39, 0.29) is 12.5 Å². The Labute approximate surface area is 113 Å². The Morgan fingerprint density at radius 2 is 2.32 bits per heavy atom. The van der Waals surface area contributed by atoms with Crippen molar-refractivity contribution in [2.75, 3.05) is 38.8 Å². The van der Waals surface area contributed by atoms with Crippen LogP contribution in [0.4, 0.5) is 5.69 Å². The Hall–Kier alpha value is -1.43. The molecule has 0 radical (unpaired) electrons. The standard InChI is InChI=1S/C14H20N2O3/c1-18-7-8-19-10-14(17)16-13-4-2-3-11-9-15-6-5-12(11)13/h2-4,15H,5-10H2,1H3,(H,16,17). The van der Waals surface area contributed by atoms with Gasteiger partial charge in [0.25, 0.3) is 0 Å². The summed E-state index contributed by atoms with van der Waals surface area (Å²) in [5.74, 6) is -0.122. The molecule has 0 aliphatic carbocycles. The summed E-state index contributed by atoms with van der Waals surface area (Å²) in [5.41, 5.74) is 3.38. The Balaban J connectivity index is 1.90. The van der Waals surface area contributed by atoms with Crippen molar-refractivity contribution < 1.29 is 14.3 Å². The van der Waals surface area contributed by atoms with Crippen molar-refractivity contribution in [1.29, 1.82) is 0 Å². The minimum absolute atomic E-state index is 0.0608. The first kappa shape index (κ1) is 14.0. The summed E-state index contributed by atoms with van der Waals surface area (Å²) in [4.78, 5) is 11.8. The highest BCUT2D eigenvalue weighted by Crippen LogP contribution is 2.22. The van der Waals surface area contributed by atoms with Crippen LogP contribution in [0.5, 0.6) is 0 Å². The number of ether oxygens (including phenoxy) is 2. The Kier molecular flexibility index (Phi) is 5.32. The Bertz CT molecular complexity index is 435. The predicted molar refractivity (Wildman–Crippen MR) is 73.2 cm³/mol. The molecule has 19 heavy (non-hydrogen) atoms. The van der Waals surface area contributed by atoms with E-state index in [1.54, 1.807) is 7.11 Å². The molecule has 1 aromatic carbocycles. The molecule has 0 aromatic heterocycles. The molecule has 1 aliphatic heterocycles. The second-order valence-corrected chi connectivity index (χ2v) is 4.46. The van der Waals surface area contributed by atoms with Gasteiger partial charge in [-0.15, -0.1) is 0 Å². The number of hydrogen-bond donors (Lipinski definition) is 2. The van der Waals surface area contributed by atoms with Crippen molar-refractivity contribution in [2.24, 2.45) is 0 Å². The van der Waals surface area contributed by atoms with Crippen LogP contribution in [0.3, 0.4) is 0 Å². The van der Waals surface area contributed by atoms with Gasteiger partial charge in [-0.2, -0.15) is 0 Å². The van der Waals surface area contributed by atoms with E-state index in [4.69, 9.17) is 9.47 Å². The molecule has 0 atom stereocenters. The number of carbonyl (C=O) groups is 1. The number of hydrogen-bond acceptors (Lipinski definition) is 4. The average Bonchev–Trinajstić information content (AvgIpc) is 2.44. The third-order valence-electron chi connectivity index (χ3n) is 3.08. The van der Waals surface area contributed by atoms with E-state index >= 15 is 0 Å². The van der Waals surface area contributed by atoms with E-state index in [1.165, 1.54) is 11.1 Å². The number of amides is 1. The van der Waals surface area contributed by atoms with Crippen molar-refractivity contribution in [3.63, 3.8) is 0 Å². The minimum atomic E-state index is -0.122. The maximum Gasteiger partial charge on any atom is 0.250 e. The van der Waals surface area contributed by atoms with Crippen LogP contribution in [0.25, 0.3) is 0 Å². The number of methoxy groups -OCH3 is 1. The van der Waals surface area contributed by atoms with E-state index in [1.807, 2.05) is 12.1 Å². The monoisotopic (exact) mass is 264 g/mol. The molecule has 0 bridgehead atoms. The highest BCUT2D eigenvalue weighted by Gasteiger charge is 2.13. The van der Waals surface area contributed by atoms with E-state index < -0.39 is 0 Å². The molecule has 2 rings (SSSR count). The van der Waals surface area contributed by atoms with E-state index in [9.17, 15) is 4.79 Å². The molecular formula is C14H20N2O3. The van der Waals surface area contributed by atoms with Crippen LogP contribution < -0.4 is 10.6 Å². The summed E-state index contributed by atoms with van der Waals surface area (Å²) in [6, 6.07) is 6.00. The van der Waals surface area contributed by atoms with Crippen LogP contribution in [0.15, 0.2) is 18.2 Å².